The molecule has 0 radical (unpaired) electrons. The molecule has 0 unspecified atom stereocenters. The molecule has 0 atom stereocenters. The van der Waals surface area contributed by atoms with E-state index in [4.69, 9.17) is 0 Å². The molecule has 1 aliphatic heterocycles. The Morgan fingerprint density at radius 3 is 2.60 bits per heavy atom. The van der Waals surface area contributed by atoms with E-state index in [1.807, 2.05) is 6.20 Å². The SMILES string of the molecule is CCN1CCC(c2ncc(Br)n2C)CC1. The van der Waals surface area contributed by atoms with Gasteiger partial charge in [0.1, 0.15) is 10.4 Å². The van der Waals surface area contributed by atoms with E-state index in [9.17, 15) is 0 Å². The standard InChI is InChI=1S/C11H18BrN3/c1-3-15-6-4-9(5-7-15)11-13-8-10(12)14(11)2/h8-9H,3-7H2,1-2H3. The lowest BCUT2D eigenvalue weighted by Crippen LogP contribution is -2.33. The number of hydrogen-bond donors (Lipinski definition) is 0. The number of nitrogens with zero attached hydrogens (tertiary/aromatic N) is 3. The van der Waals surface area contributed by atoms with Crippen LogP contribution < -0.4 is 0 Å². The van der Waals surface area contributed by atoms with Crippen molar-refractivity contribution < 1.29 is 0 Å². The zero-order valence-corrected chi connectivity index (χ0v) is 11.0. The fourth-order valence-electron chi connectivity index (χ4n) is 2.29. The summed E-state index contributed by atoms with van der Waals surface area (Å²) in [5, 5.41) is 0. The summed E-state index contributed by atoms with van der Waals surface area (Å²) >= 11 is 3.50. The number of likely N-dealkylation sites (tertiary alicyclic amines) is 1. The number of aromatic nitrogens is 2. The van der Waals surface area contributed by atoms with Gasteiger partial charge in [-0.25, -0.2) is 4.98 Å². The summed E-state index contributed by atoms with van der Waals surface area (Å²) in [6.07, 6.45) is 4.39. The second-order valence-electron chi connectivity index (χ2n) is 4.21. The van der Waals surface area contributed by atoms with E-state index < -0.39 is 0 Å². The zero-order chi connectivity index (χ0) is 10.8. The third kappa shape index (κ3) is 2.26. The van der Waals surface area contributed by atoms with Crippen LogP contribution in [0.15, 0.2) is 10.8 Å². The second-order valence-corrected chi connectivity index (χ2v) is 5.02. The van der Waals surface area contributed by atoms with E-state index in [0.29, 0.717) is 5.92 Å². The maximum absolute atomic E-state index is 4.49. The lowest BCUT2D eigenvalue weighted by atomic mass is 9.96. The van der Waals surface area contributed by atoms with Gasteiger partial charge in [0.05, 0.1) is 6.20 Å². The van der Waals surface area contributed by atoms with Gasteiger partial charge in [-0.3, -0.25) is 0 Å². The first-order valence-corrected chi connectivity index (χ1v) is 6.41. The third-order valence-electron chi connectivity index (χ3n) is 3.37. The molecular weight excluding hydrogens is 254 g/mol. The first kappa shape index (κ1) is 11.1. The monoisotopic (exact) mass is 271 g/mol. The predicted molar refractivity (Wildman–Crippen MR) is 65.0 cm³/mol. The molecule has 1 saturated heterocycles. The largest absolute Gasteiger partial charge is 0.326 e. The summed E-state index contributed by atoms with van der Waals surface area (Å²) in [4.78, 5) is 7.00. The van der Waals surface area contributed by atoms with Gasteiger partial charge in [-0.1, -0.05) is 6.92 Å². The molecule has 15 heavy (non-hydrogen) atoms. The van der Waals surface area contributed by atoms with E-state index in [0.717, 1.165) is 4.60 Å². The van der Waals surface area contributed by atoms with Crippen LogP contribution in [-0.4, -0.2) is 34.1 Å². The van der Waals surface area contributed by atoms with Gasteiger partial charge in [0.15, 0.2) is 0 Å². The van der Waals surface area contributed by atoms with E-state index in [-0.39, 0.29) is 0 Å². The van der Waals surface area contributed by atoms with Crippen molar-refractivity contribution in [1.82, 2.24) is 14.5 Å². The summed E-state index contributed by atoms with van der Waals surface area (Å²) in [6, 6.07) is 0. The van der Waals surface area contributed by atoms with Crippen LogP contribution in [0, 0.1) is 0 Å². The van der Waals surface area contributed by atoms with Crippen molar-refractivity contribution in [3.05, 3.63) is 16.6 Å². The fourth-order valence-corrected chi connectivity index (χ4v) is 2.57. The van der Waals surface area contributed by atoms with E-state index in [1.165, 1.54) is 38.3 Å². The number of imidazole rings is 1. The highest BCUT2D eigenvalue weighted by atomic mass is 79.9. The van der Waals surface area contributed by atoms with Gasteiger partial charge < -0.3 is 9.47 Å². The molecular formula is C11H18BrN3. The Balaban J connectivity index is 2.04. The smallest absolute Gasteiger partial charge is 0.112 e. The van der Waals surface area contributed by atoms with Gasteiger partial charge in [0.25, 0.3) is 0 Å². The molecule has 2 heterocycles. The molecule has 0 amide bonds. The maximum atomic E-state index is 4.49. The molecule has 2 rings (SSSR count). The summed E-state index contributed by atoms with van der Waals surface area (Å²) < 4.78 is 3.24. The first-order valence-electron chi connectivity index (χ1n) is 5.61. The highest BCUT2D eigenvalue weighted by Crippen LogP contribution is 2.28. The highest BCUT2D eigenvalue weighted by molar-refractivity contribution is 9.10. The van der Waals surface area contributed by atoms with Crippen LogP contribution >= 0.6 is 15.9 Å². The number of piperidine rings is 1. The molecule has 84 valence electrons. The average Bonchev–Trinajstić information content (AvgIpc) is 2.60. The minimum absolute atomic E-state index is 0.643. The molecule has 1 aromatic heterocycles. The minimum atomic E-state index is 0.643. The fraction of sp³-hybridized carbons (Fsp3) is 0.727. The van der Waals surface area contributed by atoms with Gasteiger partial charge in [-0.05, 0) is 48.4 Å². The lowest BCUT2D eigenvalue weighted by Gasteiger charge is -2.30. The summed E-state index contributed by atoms with van der Waals surface area (Å²) in [5.74, 6) is 1.88. The van der Waals surface area contributed by atoms with Crippen LogP contribution in [-0.2, 0) is 7.05 Å². The van der Waals surface area contributed by atoms with Crippen molar-refractivity contribution in [2.24, 2.45) is 7.05 Å². The Labute approximate surface area is 99.6 Å². The topological polar surface area (TPSA) is 21.1 Å². The molecule has 0 aromatic carbocycles. The van der Waals surface area contributed by atoms with Crippen LogP contribution in [0.1, 0.15) is 31.5 Å². The van der Waals surface area contributed by atoms with Crippen molar-refractivity contribution in [1.29, 1.82) is 0 Å². The van der Waals surface area contributed by atoms with E-state index >= 15 is 0 Å². The molecule has 4 heteroatoms. The average molecular weight is 272 g/mol. The lowest BCUT2D eigenvalue weighted by molar-refractivity contribution is 0.218. The molecule has 0 aliphatic carbocycles. The first-order chi connectivity index (χ1) is 7.22. The second kappa shape index (κ2) is 4.66. The molecule has 0 spiro atoms. The normalized spacial score (nSPS) is 19.7. The Kier molecular flexibility index (Phi) is 3.46. The van der Waals surface area contributed by atoms with Gasteiger partial charge >= 0.3 is 0 Å². The Hall–Kier alpha value is -0.350. The molecule has 3 nitrogen and oxygen atoms in total. The maximum Gasteiger partial charge on any atom is 0.112 e. The Morgan fingerprint density at radius 1 is 1.47 bits per heavy atom. The number of hydrogen-bond acceptors (Lipinski definition) is 2. The van der Waals surface area contributed by atoms with Crippen molar-refractivity contribution in [3.8, 4) is 0 Å². The van der Waals surface area contributed by atoms with Crippen molar-refractivity contribution in [2.75, 3.05) is 19.6 Å². The molecule has 1 aromatic rings. The van der Waals surface area contributed by atoms with E-state index in [2.05, 4.69) is 44.4 Å². The van der Waals surface area contributed by atoms with Crippen LogP contribution in [0.3, 0.4) is 0 Å². The zero-order valence-electron chi connectivity index (χ0n) is 9.41. The van der Waals surface area contributed by atoms with Crippen LogP contribution in [0.5, 0.6) is 0 Å². The minimum Gasteiger partial charge on any atom is -0.326 e. The van der Waals surface area contributed by atoms with E-state index in [1.54, 1.807) is 0 Å². The quantitative estimate of drug-likeness (QED) is 0.824. The molecule has 1 aliphatic rings. The Morgan fingerprint density at radius 2 is 2.13 bits per heavy atom. The van der Waals surface area contributed by atoms with Crippen molar-refractivity contribution >= 4 is 15.9 Å². The van der Waals surface area contributed by atoms with Gasteiger partial charge in [-0.2, -0.15) is 0 Å². The van der Waals surface area contributed by atoms with Gasteiger partial charge in [-0.15, -0.1) is 0 Å². The van der Waals surface area contributed by atoms with Crippen LogP contribution in [0.4, 0.5) is 0 Å². The summed E-state index contributed by atoms with van der Waals surface area (Å²) in [7, 11) is 2.08. The Bertz CT molecular complexity index is 327. The van der Waals surface area contributed by atoms with Crippen LogP contribution in [0.2, 0.25) is 0 Å². The van der Waals surface area contributed by atoms with Crippen molar-refractivity contribution in [3.63, 3.8) is 0 Å². The summed E-state index contributed by atoms with van der Waals surface area (Å²) in [6.45, 7) is 5.84. The molecule has 1 fully saturated rings. The number of halogens is 1. The summed E-state index contributed by atoms with van der Waals surface area (Å²) in [5.41, 5.74) is 0. The predicted octanol–water partition coefficient (Wildman–Crippen LogP) is 2.38. The molecule has 0 N–H and O–H groups in total. The number of rotatable bonds is 2. The van der Waals surface area contributed by atoms with Crippen molar-refractivity contribution in [2.45, 2.75) is 25.7 Å². The molecule has 0 bridgehead atoms. The molecule has 0 saturated carbocycles. The van der Waals surface area contributed by atoms with Crippen LogP contribution in [0.25, 0.3) is 0 Å². The third-order valence-corrected chi connectivity index (χ3v) is 4.10. The van der Waals surface area contributed by atoms with Gasteiger partial charge in [0, 0.05) is 13.0 Å². The highest BCUT2D eigenvalue weighted by Gasteiger charge is 2.23. The van der Waals surface area contributed by atoms with Gasteiger partial charge in [0.2, 0.25) is 0 Å².